The molecular formula is C15H32S2Y-2. The molecule has 18 heavy (non-hydrogen) atoms. The van der Waals surface area contributed by atoms with Crippen molar-refractivity contribution in [2.24, 2.45) is 0 Å². The summed E-state index contributed by atoms with van der Waals surface area (Å²) in [4.78, 5) is 0. The van der Waals surface area contributed by atoms with Gasteiger partial charge >= 0.3 is 0 Å². The molecule has 0 aliphatic carbocycles. The van der Waals surface area contributed by atoms with Crippen molar-refractivity contribution in [3.63, 3.8) is 0 Å². The van der Waals surface area contributed by atoms with Crippen LogP contribution in [0.25, 0.3) is 0 Å². The number of thioether (sulfide) groups is 2. The van der Waals surface area contributed by atoms with E-state index in [1.165, 1.54) is 5.92 Å². The van der Waals surface area contributed by atoms with Gasteiger partial charge in [-0.25, -0.2) is 0 Å². The zero-order valence-electron chi connectivity index (χ0n) is 13.9. The first-order valence-electron chi connectivity index (χ1n) is 6.25. The van der Waals surface area contributed by atoms with Crippen LogP contribution in [0.1, 0.15) is 62.3 Å². The third-order valence-electron chi connectivity index (χ3n) is 1.22. The van der Waals surface area contributed by atoms with Crippen LogP contribution >= 0.6 is 23.5 Å². The van der Waals surface area contributed by atoms with Gasteiger partial charge in [-0.05, 0) is 5.75 Å². The molecule has 0 aromatic carbocycles. The third-order valence-corrected chi connectivity index (χ3v) is 4.08. The van der Waals surface area contributed by atoms with Crippen LogP contribution in [-0.2, 0) is 32.7 Å². The topological polar surface area (TPSA) is 0 Å². The largest absolute Gasteiger partial charge is 0.330 e. The summed E-state index contributed by atoms with van der Waals surface area (Å²) in [6.45, 7) is 23.9. The molecule has 0 fully saturated rings. The monoisotopic (exact) mass is 365 g/mol. The van der Waals surface area contributed by atoms with Crippen molar-refractivity contribution in [3.8, 4) is 0 Å². The van der Waals surface area contributed by atoms with E-state index in [1.54, 1.807) is 0 Å². The fourth-order valence-electron chi connectivity index (χ4n) is 0.877. The van der Waals surface area contributed by atoms with Gasteiger partial charge in [-0.1, -0.05) is 41.5 Å². The molecule has 0 bridgehead atoms. The van der Waals surface area contributed by atoms with Gasteiger partial charge in [-0.2, -0.15) is 44.3 Å². The summed E-state index contributed by atoms with van der Waals surface area (Å²) in [5.41, 5.74) is 0. The van der Waals surface area contributed by atoms with Crippen LogP contribution < -0.4 is 0 Å². The minimum absolute atomic E-state index is 0. The first-order valence-corrected chi connectivity index (χ1v) is 8.11. The van der Waals surface area contributed by atoms with Gasteiger partial charge in [0.2, 0.25) is 0 Å². The Morgan fingerprint density at radius 1 is 0.944 bits per heavy atom. The van der Waals surface area contributed by atoms with Crippen LogP contribution in [0.4, 0.5) is 0 Å². The predicted octanol–water partition coefficient (Wildman–Crippen LogP) is 5.87. The van der Waals surface area contributed by atoms with E-state index in [9.17, 15) is 0 Å². The number of rotatable bonds is 3. The van der Waals surface area contributed by atoms with Crippen molar-refractivity contribution in [2.45, 2.75) is 77.1 Å². The van der Waals surface area contributed by atoms with Gasteiger partial charge in [0.15, 0.2) is 0 Å². The standard InChI is InChI=1S/C11H23S2.C4H9.Y/c1-9(13-11(5,6)7)8-12-10(2,3)4;1-4(2)3;/h9H,1,8H2,2-7H3;1-3H3;/q2*-1;. The Morgan fingerprint density at radius 3 is 1.50 bits per heavy atom. The average molecular weight is 365 g/mol. The van der Waals surface area contributed by atoms with Crippen LogP contribution in [0.2, 0.25) is 0 Å². The Balaban J connectivity index is -0.000000392. The zero-order valence-corrected chi connectivity index (χ0v) is 18.4. The molecule has 0 N–H and O–H groups in total. The van der Waals surface area contributed by atoms with Gasteiger partial charge in [0, 0.05) is 42.2 Å². The third kappa shape index (κ3) is 30.7. The molecule has 0 nitrogen and oxygen atoms in total. The minimum Gasteiger partial charge on any atom is -0.330 e. The molecule has 0 aliphatic rings. The van der Waals surface area contributed by atoms with Crippen molar-refractivity contribution in [1.82, 2.24) is 0 Å². The summed E-state index contributed by atoms with van der Waals surface area (Å²) < 4.78 is 0.708. The Labute approximate surface area is 150 Å². The molecule has 0 heterocycles. The Kier molecular flexibility index (Phi) is 15.8. The zero-order chi connectivity index (χ0) is 14.3. The fourth-order valence-corrected chi connectivity index (χ4v) is 3.04. The Morgan fingerprint density at radius 2 is 1.28 bits per heavy atom. The van der Waals surface area contributed by atoms with E-state index in [0.717, 1.165) is 5.75 Å². The molecular weight excluding hydrogens is 333 g/mol. The predicted molar refractivity (Wildman–Crippen MR) is 89.0 cm³/mol. The smallest absolute Gasteiger partial charge is 0.00745 e. The first kappa shape index (κ1) is 24.8. The van der Waals surface area contributed by atoms with Gasteiger partial charge in [0.05, 0.1) is 0 Å². The molecule has 1 atom stereocenters. The second-order valence-corrected chi connectivity index (χ2v) is 10.7. The van der Waals surface area contributed by atoms with Gasteiger partial charge in [0.25, 0.3) is 0 Å². The van der Waals surface area contributed by atoms with Crippen molar-refractivity contribution in [2.75, 3.05) is 5.75 Å². The van der Waals surface area contributed by atoms with Crippen LogP contribution in [0.3, 0.4) is 0 Å². The molecule has 0 amide bonds. The molecule has 0 saturated carbocycles. The van der Waals surface area contributed by atoms with E-state index >= 15 is 0 Å². The molecule has 0 spiro atoms. The Bertz CT molecular complexity index is 175. The van der Waals surface area contributed by atoms with Crippen LogP contribution in [0.15, 0.2) is 0 Å². The quantitative estimate of drug-likeness (QED) is 0.574. The van der Waals surface area contributed by atoms with E-state index in [2.05, 4.69) is 69.2 Å². The maximum Gasteiger partial charge on any atom is 0.00745 e. The van der Waals surface area contributed by atoms with Crippen LogP contribution in [0, 0.1) is 12.8 Å². The normalized spacial score (nSPS) is 13.5. The van der Waals surface area contributed by atoms with E-state index in [1.807, 2.05) is 23.5 Å². The fraction of sp³-hybridized carbons (Fsp3) is 0.867. The van der Waals surface area contributed by atoms with Crippen molar-refractivity contribution in [1.29, 1.82) is 0 Å². The molecule has 3 heteroatoms. The van der Waals surface area contributed by atoms with Crippen molar-refractivity contribution >= 4 is 23.5 Å². The maximum absolute atomic E-state index is 4.17. The molecule has 0 aromatic rings. The van der Waals surface area contributed by atoms with Gasteiger partial charge in [-0.3, -0.25) is 0 Å². The van der Waals surface area contributed by atoms with E-state index in [-0.39, 0.29) is 32.7 Å². The summed E-state index contributed by atoms with van der Waals surface area (Å²) >= 11 is 3.96. The summed E-state index contributed by atoms with van der Waals surface area (Å²) in [7, 11) is 0. The van der Waals surface area contributed by atoms with Gasteiger partial charge in [0.1, 0.15) is 0 Å². The summed E-state index contributed by atoms with van der Waals surface area (Å²) in [6, 6.07) is 0. The summed E-state index contributed by atoms with van der Waals surface area (Å²) in [5.74, 6) is 2.56. The molecule has 1 radical (unpaired) electrons. The van der Waals surface area contributed by atoms with Gasteiger partial charge < -0.3 is 12.8 Å². The Hall–Kier alpha value is 1.80. The summed E-state index contributed by atoms with van der Waals surface area (Å²) in [6.07, 6.45) is 0. The van der Waals surface area contributed by atoms with Crippen LogP contribution in [-0.4, -0.2) is 20.5 Å². The SMILES string of the molecule is C[C-](C)C.[CH2-]C(CSC(C)(C)C)SC(C)(C)C.[Y]. The molecule has 0 rings (SSSR count). The molecule has 0 saturated heterocycles. The van der Waals surface area contributed by atoms with Crippen molar-refractivity contribution < 1.29 is 32.7 Å². The average Bonchev–Trinajstić information content (AvgIpc) is 1.94. The second kappa shape index (κ2) is 11.5. The molecule has 0 aliphatic heterocycles. The molecule has 1 unspecified atom stereocenters. The second-order valence-electron chi connectivity index (χ2n) is 6.78. The van der Waals surface area contributed by atoms with E-state index in [4.69, 9.17) is 0 Å². The van der Waals surface area contributed by atoms with Gasteiger partial charge in [-0.15, -0.1) is 5.25 Å². The van der Waals surface area contributed by atoms with E-state index < -0.39 is 0 Å². The number of hydrogen-bond donors (Lipinski definition) is 0. The maximum atomic E-state index is 4.17. The molecule has 109 valence electrons. The van der Waals surface area contributed by atoms with Crippen LogP contribution in [0.5, 0.6) is 0 Å². The minimum atomic E-state index is 0. The molecule has 0 aromatic heterocycles. The number of hydrogen-bond acceptors (Lipinski definition) is 2. The van der Waals surface area contributed by atoms with Crippen molar-refractivity contribution in [3.05, 3.63) is 12.8 Å². The van der Waals surface area contributed by atoms with E-state index in [0.29, 0.717) is 14.7 Å². The summed E-state index contributed by atoms with van der Waals surface area (Å²) in [5, 5.41) is 0.504. The first-order chi connectivity index (χ1) is 7.33.